The maximum atomic E-state index is 13.1. The molecular weight excluding hydrogens is 410 g/mol. The predicted octanol–water partition coefficient (Wildman–Crippen LogP) is 2.15. The van der Waals surface area contributed by atoms with E-state index in [-0.39, 0.29) is 11.3 Å². The van der Waals surface area contributed by atoms with Crippen molar-refractivity contribution in [3.63, 3.8) is 0 Å². The molecule has 2 aromatic rings. The summed E-state index contributed by atoms with van der Waals surface area (Å²) >= 11 is 0. The van der Waals surface area contributed by atoms with Gasteiger partial charge in [-0.05, 0) is 48.4 Å². The average Bonchev–Trinajstić information content (AvgIpc) is 3.08. The van der Waals surface area contributed by atoms with E-state index in [1.165, 1.54) is 0 Å². The molecule has 8 heteroatoms. The average molecular weight is 437 g/mol. The molecule has 1 aromatic heterocycles. The van der Waals surface area contributed by atoms with Crippen LogP contribution in [0.25, 0.3) is 5.76 Å². The summed E-state index contributed by atoms with van der Waals surface area (Å²) in [6.07, 6.45) is 3.24. The lowest BCUT2D eigenvalue weighted by Crippen LogP contribution is -2.42. The fourth-order valence-corrected chi connectivity index (χ4v) is 4.26. The number of nitrogens with zero attached hydrogens (tertiary/aromatic N) is 3. The number of ether oxygens (including phenoxy) is 2. The molecule has 1 N–H and O–H groups in total. The Labute approximate surface area is 187 Å². The van der Waals surface area contributed by atoms with E-state index < -0.39 is 17.7 Å². The van der Waals surface area contributed by atoms with Crippen molar-refractivity contribution in [2.45, 2.75) is 13.0 Å². The number of carbonyl (C=O) groups is 2. The fraction of sp³-hybridized carbons (Fsp3) is 0.375. The zero-order valence-corrected chi connectivity index (χ0v) is 18.3. The van der Waals surface area contributed by atoms with Crippen LogP contribution in [0.5, 0.6) is 5.75 Å². The van der Waals surface area contributed by atoms with Gasteiger partial charge in [-0.3, -0.25) is 19.5 Å². The van der Waals surface area contributed by atoms with E-state index in [9.17, 15) is 14.7 Å². The molecule has 4 rings (SSSR count). The molecule has 2 aliphatic rings. The van der Waals surface area contributed by atoms with Crippen LogP contribution in [-0.4, -0.2) is 78.1 Å². The number of carbonyl (C=O) groups excluding carboxylic acids is 2. The highest BCUT2D eigenvalue weighted by Crippen LogP contribution is 2.39. The number of pyridine rings is 1. The zero-order valence-electron chi connectivity index (χ0n) is 18.3. The van der Waals surface area contributed by atoms with Crippen LogP contribution in [-0.2, 0) is 14.3 Å². The van der Waals surface area contributed by atoms with E-state index in [0.717, 1.165) is 24.2 Å². The van der Waals surface area contributed by atoms with Crippen LogP contribution in [0.1, 0.15) is 22.7 Å². The molecule has 168 valence electrons. The number of aryl methyl sites for hydroxylation is 1. The van der Waals surface area contributed by atoms with Gasteiger partial charge in [0.15, 0.2) is 0 Å². The molecule has 2 saturated heterocycles. The van der Waals surface area contributed by atoms with Crippen molar-refractivity contribution in [3.8, 4) is 5.75 Å². The predicted molar refractivity (Wildman–Crippen MR) is 118 cm³/mol. The molecule has 0 saturated carbocycles. The smallest absolute Gasteiger partial charge is 0.295 e. The molecule has 0 aliphatic carbocycles. The van der Waals surface area contributed by atoms with Crippen molar-refractivity contribution >= 4 is 17.4 Å². The SMILES string of the molecule is COc1ccc(/C(O)=C2\C(=O)C(=O)N(CCN3CCOCC3)C2c2ccncc2)cc1C. The van der Waals surface area contributed by atoms with Crippen LogP contribution < -0.4 is 4.74 Å². The van der Waals surface area contributed by atoms with Gasteiger partial charge in [-0.2, -0.15) is 0 Å². The quantitative estimate of drug-likeness (QED) is 0.421. The molecule has 1 unspecified atom stereocenters. The summed E-state index contributed by atoms with van der Waals surface area (Å²) in [5.41, 5.74) is 2.10. The first-order valence-electron chi connectivity index (χ1n) is 10.6. The van der Waals surface area contributed by atoms with Crippen LogP contribution >= 0.6 is 0 Å². The molecule has 2 fully saturated rings. The summed E-state index contributed by atoms with van der Waals surface area (Å²) in [6.45, 7) is 5.74. The molecule has 2 aliphatic heterocycles. The topological polar surface area (TPSA) is 92.2 Å². The molecular formula is C24H27N3O5. The van der Waals surface area contributed by atoms with Crippen molar-refractivity contribution in [2.75, 3.05) is 46.5 Å². The molecule has 0 spiro atoms. The number of ketones is 1. The Morgan fingerprint density at radius 1 is 1.16 bits per heavy atom. The van der Waals surface area contributed by atoms with Crippen LogP contribution in [0.15, 0.2) is 48.3 Å². The summed E-state index contributed by atoms with van der Waals surface area (Å²) < 4.78 is 10.7. The second kappa shape index (κ2) is 9.50. The van der Waals surface area contributed by atoms with Gasteiger partial charge in [0.2, 0.25) is 0 Å². The Morgan fingerprint density at radius 2 is 1.88 bits per heavy atom. The van der Waals surface area contributed by atoms with Crippen LogP contribution in [0.4, 0.5) is 0 Å². The minimum Gasteiger partial charge on any atom is -0.507 e. The van der Waals surface area contributed by atoms with Gasteiger partial charge in [0, 0.05) is 44.1 Å². The van der Waals surface area contributed by atoms with Crippen molar-refractivity contribution in [3.05, 3.63) is 65.0 Å². The van der Waals surface area contributed by atoms with Gasteiger partial charge in [-0.15, -0.1) is 0 Å². The third-order valence-electron chi connectivity index (χ3n) is 5.99. The number of morpholine rings is 1. The van der Waals surface area contributed by atoms with Gasteiger partial charge < -0.3 is 19.5 Å². The van der Waals surface area contributed by atoms with Crippen molar-refractivity contribution in [2.24, 2.45) is 0 Å². The first-order valence-corrected chi connectivity index (χ1v) is 10.6. The molecule has 1 atom stereocenters. The van der Waals surface area contributed by atoms with E-state index >= 15 is 0 Å². The lowest BCUT2D eigenvalue weighted by atomic mass is 9.95. The summed E-state index contributed by atoms with van der Waals surface area (Å²) in [4.78, 5) is 33.9. The Bertz CT molecular complexity index is 1030. The van der Waals surface area contributed by atoms with Crippen LogP contribution in [0.2, 0.25) is 0 Å². The summed E-state index contributed by atoms with van der Waals surface area (Å²) in [5.74, 6) is -0.797. The fourth-order valence-electron chi connectivity index (χ4n) is 4.26. The standard InChI is InChI=1S/C24H27N3O5/c1-16-15-18(3-4-19(16)31-2)22(28)20-21(17-5-7-25-8-6-17)27(24(30)23(20)29)10-9-26-11-13-32-14-12-26/h3-8,15,21,28H,9-14H2,1-2H3/b22-20+. The molecule has 1 aromatic carbocycles. The Hall–Kier alpha value is -3.23. The molecule has 0 radical (unpaired) electrons. The third-order valence-corrected chi connectivity index (χ3v) is 5.99. The van der Waals surface area contributed by atoms with Gasteiger partial charge in [0.05, 0.1) is 31.9 Å². The van der Waals surface area contributed by atoms with E-state index in [2.05, 4.69) is 9.88 Å². The van der Waals surface area contributed by atoms with Crippen molar-refractivity contribution in [1.29, 1.82) is 0 Å². The number of likely N-dealkylation sites (tertiary alicyclic amines) is 1. The summed E-state index contributed by atoms with van der Waals surface area (Å²) in [5, 5.41) is 11.2. The number of benzene rings is 1. The van der Waals surface area contributed by atoms with Crippen LogP contribution in [0.3, 0.4) is 0 Å². The maximum absolute atomic E-state index is 13.1. The van der Waals surface area contributed by atoms with Gasteiger partial charge in [0.25, 0.3) is 11.7 Å². The monoisotopic (exact) mass is 437 g/mol. The third kappa shape index (κ3) is 4.24. The molecule has 32 heavy (non-hydrogen) atoms. The molecule has 0 bridgehead atoms. The minimum absolute atomic E-state index is 0.0905. The normalized spacial score (nSPS) is 21.2. The number of aliphatic hydroxyl groups is 1. The maximum Gasteiger partial charge on any atom is 0.295 e. The Balaban J connectivity index is 1.72. The largest absolute Gasteiger partial charge is 0.507 e. The highest BCUT2D eigenvalue weighted by Gasteiger charge is 2.46. The molecule has 3 heterocycles. The van der Waals surface area contributed by atoms with Crippen LogP contribution in [0, 0.1) is 6.92 Å². The number of Topliss-reactive ketones (excluding diaryl/α,β-unsaturated/α-hetero) is 1. The van der Waals surface area contributed by atoms with E-state index in [4.69, 9.17) is 9.47 Å². The van der Waals surface area contributed by atoms with Gasteiger partial charge >= 0.3 is 0 Å². The number of aliphatic hydroxyl groups excluding tert-OH is 1. The van der Waals surface area contributed by atoms with E-state index in [1.807, 2.05) is 6.92 Å². The minimum atomic E-state index is -0.681. The highest BCUT2D eigenvalue weighted by atomic mass is 16.5. The van der Waals surface area contributed by atoms with Crippen molar-refractivity contribution < 1.29 is 24.2 Å². The molecule has 8 nitrogen and oxygen atoms in total. The lowest BCUT2D eigenvalue weighted by molar-refractivity contribution is -0.140. The van der Waals surface area contributed by atoms with E-state index in [0.29, 0.717) is 37.6 Å². The van der Waals surface area contributed by atoms with E-state index in [1.54, 1.807) is 54.7 Å². The molecule has 1 amide bonds. The number of amides is 1. The second-order valence-corrected chi connectivity index (χ2v) is 7.91. The summed E-state index contributed by atoms with van der Waals surface area (Å²) in [6, 6.07) is 8.03. The van der Waals surface area contributed by atoms with Gasteiger partial charge in [-0.25, -0.2) is 0 Å². The number of rotatable bonds is 6. The summed E-state index contributed by atoms with van der Waals surface area (Å²) in [7, 11) is 1.57. The van der Waals surface area contributed by atoms with Gasteiger partial charge in [-0.1, -0.05) is 0 Å². The number of methoxy groups -OCH3 is 1. The second-order valence-electron chi connectivity index (χ2n) is 7.91. The Kier molecular flexibility index (Phi) is 6.53. The lowest BCUT2D eigenvalue weighted by Gasteiger charge is -2.31. The van der Waals surface area contributed by atoms with Crippen molar-refractivity contribution in [1.82, 2.24) is 14.8 Å². The number of hydrogen-bond acceptors (Lipinski definition) is 7. The zero-order chi connectivity index (χ0) is 22.7. The number of aromatic nitrogens is 1. The van der Waals surface area contributed by atoms with Gasteiger partial charge in [0.1, 0.15) is 11.5 Å². The Morgan fingerprint density at radius 3 is 2.53 bits per heavy atom. The highest BCUT2D eigenvalue weighted by molar-refractivity contribution is 6.46. The number of hydrogen-bond donors (Lipinski definition) is 1. The first-order chi connectivity index (χ1) is 15.5. The first kappa shape index (κ1) is 22.0.